The molecule has 0 saturated heterocycles. The van der Waals surface area contributed by atoms with Crippen molar-refractivity contribution in [1.82, 2.24) is 15.0 Å². The molecule has 0 amide bonds. The molecule has 2 aromatic carbocycles. The Morgan fingerprint density at radius 2 is 1.52 bits per heavy atom. The molecule has 0 bridgehead atoms. The Morgan fingerprint density at radius 3 is 2.26 bits per heavy atom. The van der Waals surface area contributed by atoms with Gasteiger partial charge in [-0.25, -0.2) is 9.97 Å². The first kappa shape index (κ1) is 20.3. The quantitative estimate of drug-likeness (QED) is 0.322. The number of Topliss-reactive ketones (excluding diaryl/α,β-unsaturated/α-hetero) is 2. The van der Waals surface area contributed by atoms with E-state index in [2.05, 4.69) is 15.0 Å². The second-order valence-corrected chi connectivity index (χ2v) is 7.39. The van der Waals surface area contributed by atoms with Crippen molar-refractivity contribution >= 4 is 11.6 Å². The van der Waals surface area contributed by atoms with Gasteiger partial charge in [0.25, 0.3) is 0 Å². The number of hydrogen-bond acceptors (Lipinski definition) is 5. The molecule has 0 saturated carbocycles. The van der Waals surface area contributed by atoms with Gasteiger partial charge in [-0.1, -0.05) is 30.3 Å². The van der Waals surface area contributed by atoms with Crippen molar-refractivity contribution in [2.24, 2.45) is 0 Å². The molecule has 31 heavy (non-hydrogen) atoms. The zero-order valence-corrected chi connectivity index (χ0v) is 17.2. The third-order valence-corrected chi connectivity index (χ3v) is 4.91. The predicted molar refractivity (Wildman–Crippen MR) is 119 cm³/mol. The van der Waals surface area contributed by atoms with Crippen LogP contribution in [0.4, 0.5) is 0 Å². The number of nitrogens with zero attached hydrogens (tertiary/aromatic N) is 3. The molecule has 0 radical (unpaired) electrons. The highest BCUT2D eigenvalue weighted by Gasteiger charge is 2.17. The molecular formula is C26H21N3O2. The third kappa shape index (κ3) is 5.14. The number of hydrogen-bond donors (Lipinski definition) is 0. The monoisotopic (exact) mass is 407 g/mol. The van der Waals surface area contributed by atoms with E-state index < -0.39 is 0 Å². The van der Waals surface area contributed by atoms with Crippen LogP contribution in [0.1, 0.15) is 44.0 Å². The van der Waals surface area contributed by atoms with Gasteiger partial charge < -0.3 is 0 Å². The third-order valence-electron chi connectivity index (χ3n) is 4.91. The van der Waals surface area contributed by atoms with Crippen molar-refractivity contribution in [3.8, 4) is 11.4 Å². The number of carbonyl (C=O) groups is 2. The van der Waals surface area contributed by atoms with Crippen molar-refractivity contribution < 1.29 is 9.59 Å². The number of pyridine rings is 1. The lowest BCUT2D eigenvalue weighted by Crippen LogP contribution is -2.11. The minimum absolute atomic E-state index is 0.236. The summed E-state index contributed by atoms with van der Waals surface area (Å²) in [5, 5.41) is 0. The van der Waals surface area contributed by atoms with Crippen LogP contribution in [0.3, 0.4) is 0 Å². The van der Waals surface area contributed by atoms with Crippen molar-refractivity contribution in [2.45, 2.75) is 19.8 Å². The summed E-state index contributed by atoms with van der Waals surface area (Å²) >= 11 is 0. The summed E-state index contributed by atoms with van der Waals surface area (Å²) in [6.07, 6.45) is 5.34. The molecule has 0 aliphatic carbocycles. The summed E-state index contributed by atoms with van der Waals surface area (Å²) in [5.41, 5.74) is 4.54. The summed E-state index contributed by atoms with van der Waals surface area (Å²) in [7, 11) is 0. The molecule has 0 fully saturated rings. The van der Waals surface area contributed by atoms with Crippen molar-refractivity contribution in [2.75, 3.05) is 0 Å². The van der Waals surface area contributed by atoms with E-state index in [0.29, 0.717) is 23.5 Å². The summed E-state index contributed by atoms with van der Waals surface area (Å²) in [6.45, 7) is 1.89. The first-order valence-electron chi connectivity index (χ1n) is 10.0. The van der Waals surface area contributed by atoms with Crippen LogP contribution in [0.5, 0.6) is 0 Å². The molecule has 5 nitrogen and oxygen atoms in total. The number of carbonyl (C=O) groups excluding carboxylic acids is 2. The summed E-state index contributed by atoms with van der Waals surface area (Å²) in [6, 6.07) is 20.9. The smallest absolute Gasteiger partial charge is 0.188 e. The minimum Gasteiger partial charge on any atom is -0.294 e. The lowest BCUT2D eigenvalue weighted by atomic mass is 9.96. The van der Waals surface area contributed by atoms with Gasteiger partial charge in [0.15, 0.2) is 17.4 Å². The maximum atomic E-state index is 13.0. The highest BCUT2D eigenvalue weighted by Crippen LogP contribution is 2.22. The van der Waals surface area contributed by atoms with Crippen LogP contribution in [0, 0.1) is 6.92 Å². The predicted octanol–water partition coefficient (Wildman–Crippen LogP) is 4.89. The Morgan fingerprint density at radius 1 is 0.742 bits per heavy atom. The standard InChI is InChI=1S/C26H21N3O2/c1-18-8-11-27-23(12-18)25(31)17-24(30)21-14-20(13-19-6-3-2-4-7-19)15-22(16-21)26-28-9-5-10-29-26/h2-12,14-16H,13,17H2,1H3. The van der Waals surface area contributed by atoms with Crippen molar-refractivity contribution in [3.63, 3.8) is 0 Å². The number of ketones is 2. The Balaban J connectivity index is 1.66. The number of benzene rings is 2. The van der Waals surface area contributed by atoms with E-state index in [1.165, 1.54) is 0 Å². The molecule has 0 spiro atoms. The summed E-state index contributed by atoms with van der Waals surface area (Å²) in [4.78, 5) is 38.4. The molecule has 0 atom stereocenters. The van der Waals surface area contributed by atoms with Gasteiger partial charge in [-0.05, 0) is 66.4 Å². The molecule has 0 N–H and O–H groups in total. The Labute approximate surface area is 180 Å². The largest absolute Gasteiger partial charge is 0.294 e. The maximum absolute atomic E-state index is 13.0. The van der Waals surface area contributed by atoms with Crippen LogP contribution in [-0.2, 0) is 6.42 Å². The average molecular weight is 407 g/mol. The molecule has 0 aliphatic heterocycles. The van der Waals surface area contributed by atoms with Gasteiger partial charge in [0, 0.05) is 29.7 Å². The van der Waals surface area contributed by atoms with Crippen LogP contribution < -0.4 is 0 Å². The average Bonchev–Trinajstić information content (AvgIpc) is 2.80. The van der Waals surface area contributed by atoms with E-state index in [0.717, 1.165) is 22.3 Å². The van der Waals surface area contributed by atoms with Crippen molar-refractivity contribution in [3.05, 3.63) is 113 Å². The lowest BCUT2D eigenvalue weighted by Gasteiger charge is -2.09. The molecule has 0 aliphatic rings. The normalized spacial score (nSPS) is 10.6. The fourth-order valence-corrected chi connectivity index (χ4v) is 3.39. The fourth-order valence-electron chi connectivity index (χ4n) is 3.39. The maximum Gasteiger partial charge on any atom is 0.188 e. The van der Waals surface area contributed by atoms with E-state index >= 15 is 0 Å². The van der Waals surface area contributed by atoms with Crippen LogP contribution in [-0.4, -0.2) is 26.5 Å². The zero-order valence-electron chi connectivity index (χ0n) is 17.2. The molecule has 5 heteroatoms. The van der Waals surface area contributed by atoms with E-state index in [-0.39, 0.29) is 18.0 Å². The van der Waals surface area contributed by atoms with Gasteiger partial charge in [-0.2, -0.15) is 0 Å². The number of aromatic nitrogens is 3. The molecule has 4 rings (SSSR count). The molecule has 0 unspecified atom stereocenters. The van der Waals surface area contributed by atoms with Crippen LogP contribution >= 0.6 is 0 Å². The van der Waals surface area contributed by atoms with E-state index in [1.54, 1.807) is 36.8 Å². The van der Waals surface area contributed by atoms with Crippen LogP contribution in [0.25, 0.3) is 11.4 Å². The molecular weight excluding hydrogens is 386 g/mol. The summed E-state index contributed by atoms with van der Waals surface area (Å²) in [5.74, 6) is -0.00166. The topological polar surface area (TPSA) is 72.8 Å². The number of aryl methyl sites for hydroxylation is 1. The van der Waals surface area contributed by atoms with Gasteiger partial charge in [0.2, 0.25) is 0 Å². The van der Waals surface area contributed by atoms with E-state index in [9.17, 15) is 9.59 Å². The first-order valence-corrected chi connectivity index (χ1v) is 10.0. The SMILES string of the molecule is Cc1ccnc(C(=O)CC(=O)c2cc(Cc3ccccc3)cc(-c3ncccn3)c2)c1. The van der Waals surface area contributed by atoms with E-state index in [4.69, 9.17) is 0 Å². The Bertz CT molecular complexity index is 1220. The van der Waals surface area contributed by atoms with Gasteiger partial charge in [-0.3, -0.25) is 14.6 Å². The van der Waals surface area contributed by atoms with Crippen LogP contribution in [0.2, 0.25) is 0 Å². The Hall–Kier alpha value is -3.99. The van der Waals surface area contributed by atoms with Crippen molar-refractivity contribution in [1.29, 1.82) is 0 Å². The fraction of sp³-hybridized carbons (Fsp3) is 0.115. The molecule has 4 aromatic rings. The summed E-state index contributed by atoms with van der Waals surface area (Å²) < 4.78 is 0. The zero-order chi connectivity index (χ0) is 21.6. The second-order valence-electron chi connectivity index (χ2n) is 7.39. The molecule has 2 heterocycles. The number of rotatable bonds is 7. The molecule has 2 aromatic heterocycles. The van der Waals surface area contributed by atoms with Gasteiger partial charge in [0.05, 0.1) is 6.42 Å². The highest BCUT2D eigenvalue weighted by molar-refractivity contribution is 6.13. The minimum atomic E-state index is -0.292. The first-order chi connectivity index (χ1) is 15.1. The van der Waals surface area contributed by atoms with Gasteiger partial charge in [0.1, 0.15) is 5.69 Å². The van der Waals surface area contributed by atoms with Crippen LogP contribution in [0.15, 0.2) is 85.3 Å². The van der Waals surface area contributed by atoms with Gasteiger partial charge >= 0.3 is 0 Å². The lowest BCUT2D eigenvalue weighted by molar-refractivity contribution is 0.0891. The van der Waals surface area contributed by atoms with E-state index in [1.807, 2.05) is 55.5 Å². The Kier molecular flexibility index (Phi) is 6.03. The second kappa shape index (κ2) is 9.22. The molecule has 152 valence electrons. The van der Waals surface area contributed by atoms with Gasteiger partial charge in [-0.15, -0.1) is 0 Å². The highest BCUT2D eigenvalue weighted by atomic mass is 16.1.